The van der Waals surface area contributed by atoms with Crippen LogP contribution in [0.15, 0.2) is 18.2 Å². The van der Waals surface area contributed by atoms with Gasteiger partial charge < -0.3 is 10.1 Å². The molecule has 0 radical (unpaired) electrons. The third kappa shape index (κ3) is 3.03. The first kappa shape index (κ1) is 14.2. The predicted octanol–water partition coefficient (Wildman–Crippen LogP) is 3.61. The first-order chi connectivity index (χ1) is 8.93. The summed E-state index contributed by atoms with van der Waals surface area (Å²) in [6.07, 6.45) is -3.47. The van der Waals surface area contributed by atoms with Crippen molar-refractivity contribution in [1.29, 1.82) is 0 Å². The lowest BCUT2D eigenvalue weighted by atomic mass is 9.85. The van der Waals surface area contributed by atoms with Gasteiger partial charge in [0.15, 0.2) is 0 Å². The van der Waals surface area contributed by atoms with E-state index in [1.165, 1.54) is 7.11 Å². The van der Waals surface area contributed by atoms with Gasteiger partial charge in [-0.15, -0.1) is 0 Å². The second kappa shape index (κ2) is 5.41. The van der Waals surface area contributed by atoms with Crippen LogP contribution in [0.1, 0.15) is 30.0 Å². The van der Waals surface area contributed by atoms with E-state index in [-0.39, 0.29) is 6.42 Å². The summed E-state index contributed by atoms with van der Waals surface area (Å²) in [6.45, 7) is 2.47. The molecule has 1 fully saturated rings. The van der Waals surface area contributed by atoms with E-state index < -0.39 is 18.1 Å². The molecular weight excluding hydrogens is 255 g/mol. The number of benzene rings is 1. The second-order valence-electron chi connectivity index (χ2n) is 4.97. The molecule has 106 valence electrons. The molecule has 0 bridgehead atoms. The van der Waals surface area contributed by atoms with Crippen LogP contribution in [0, 0.1) is 12.8 Å². The molecule has 2 rings (SSSR count). The van der Waals surface area contributed by atoms with Crippen molar-refractivity contribution in [3.63, 3.8) is 0 Å². The maximum Gasteiger partial charge on any atom is 0.393 e. The fourth-order valence-corrected chi connectivity index (χ4v) is 2.66. The van der Waals surface area contributed by atoms with Gasteiger partial charge >= 0.3 is 6.18 Å². The highest BCUT2D eigenvalue weighted by Crippen LogP contribution is 2.43. The monoisotopic (exact) mass is 273 g/mol. The molecule has 0 spiro atoms. The third-order valence-corrected chi connectivity index (χ3v) is 3.60. The Morgan fingerprint density at radius 3 is 2.68 bits per heavy atom. The van der Waals surface area contributed by atoms with Crippen molar-refractivity contribution in [2.45, 2.75) is 32.0 Å². The summed E-state index contributed by atoms with van der Waals surface area (Å²) in [6, 6.07) is 4.63. The quantitative estimate of drug-likeness (QED) is 0.888. The zero-order chi connectivity index (χ0) is 14.0. The Balaban J connectivity index is 2.39. The molecule has 1 heterocycles. The number of hydrogen-bond acceptors (Lipinski definition) is 2. The summed E-state index contributed by atoms with van der Waals surface area (Å²) >= 11 is 0. The zero-order valence-electron chi connectivity index (χ0n) is 11.1. The minimum absolute atomic E-state index is 0.165. The van der Waals surface area contributed by atoms with Crippen molar-refractivity contribution < 1.29 is 17.9 Å². The number of nitrogens with one attached hydrogen (secondary N) is 1. The standard InChI is InChI=1S/C14H18F3NO/c1-9-5-6-12(19-2)10(8-9)13-11(14(15,16)17)4-3-7-18-13/h5-6,8,11,13,18H,3-4,7H2,1-2H3. The average Bonchev–Trinajstić information content (AvgIpc) is 2.37. The highest BCUT2D eigenvalue weighted by atomic mass is 19.4. The molecule has 5 heteroatoms. The van der Waals surface area contributed by atoms with Crippen LogP contribution in [0.25, 0.3) is 0 Å². The largest absolute Gasteiger partial charge is 0.496 e. The summed E-state index contributed by atoms with van der Waals surface area (Å²) in [7, 11) is 1.49. The Morgan fingerprint density at radius 2 is 2.05 bits per heavy atom. The van der Waals surface area contributed by atoms with Gasteiger partial charge in [-0.2, -0.15) is 13.2 Å². The molecule has 1 saturated heterocycles. The topological polar surface area (TPSA) is 21.3 Å². The molecule has 1 N–H and O–H groups in total. The van der Waals surface area contributed by atoms with Gasteiger partial charge in [-0.3, -0.25) is 0 Å². The number of hydrogen-bond donors (Lipinski definition) is 1. The predicted molar refractivity (Wildman–Crippen MR) is 67.3 cm³/mol. The van der Waals surface area contributed by atoms with Gasteiger partial charge in [-0.1, -0.05) is 17.7 Å². The number of methoxy groups -OCH3 is 1. The van der Waals surface area contributed by atoms with Crippen molar-refractivity contribution >= 4 is 0 Å². The molecule has 2 atom stereocenters. The molecule has 1 aliphatic heterocycles. The number of rotatable bonds is 2. The van der Waals surface area contributed by atoms with E-state index in [1.54, 1.807) is 12.1 Å². The number of ether oxygens (including phenoxy) is 1. The van der Waals surface area contributed by atoms with Gasteiger partial charge in [0.2, 0.25) is 0 Å². The molecule has 1 aromatic rings. The number of alkyl halides is 3. The Kier molecular flexibility index (Phi) is 4.04. The minimum atomic E-state index is -4.19. The highest BCUT2D eigenvalue weighted by molar-refractivity contribution is 5.40. The van der Waals surface area contributed by atoms with Crippen LogP contribution in [-0.2, 0) is 0 Å². The van der Waals surface area contributed by atoms with Crippen LogP contribution in [0.3, 0.4) is 0 Å². The Labute approximate surface area is 111 Å². The third-order valence-electron chi connectivity index (χ3n) is 3.60. The number of halogens is 3. The highest BCUT2D eigenvalue weighted by Gasteiger charge is 2.46. The molecule has 2 unspecified atom stereocenters. The van der Waals surface area contributed by atoms with Gasteiger partial charge in [0.25, 0.3) is 0 Å². The summed E-state index contributed by atoms with van der Waals surface area (Å²) in [4.78, 5) is 0. The fraction of sp³-hybridized carbons (Fsp3) is 0.571. The molecular formula is C14H18F3NO. The summed E-state index contributed by atoms with van der Waals surface area (Å²) in [5.41, 5.74) is 1.54. The molecule has 2 nitrogen and oxygen atoms in total. The lowest BCUT2D eigenvalue weighted by Crippen LogP contribution is -2.41. The molecule has 0 saturated carbocycles. The first-order valence-electron chi connectivity index (χ1n) is 6.38. The second-order valence-corrected chi connectivity index (χ2v) is 4.97. The summed E-state index contributed by atoms with van der Waals surface area (Å²) in [5, 5.41) is 2.99. The van der Waals surface area contributed by atoms with Crippen molar-refractivity contribution in [3.8, 4) is 5.75 Å². The van der Waals surface area contributed by atoms with Crippen LogP contribution in [0.4, 0.5) is 13.2 Å². The van der Waals surface area contributed by atoms with Crippen LogP contribution in [0.2, 0.25) is 0 Å². The van der Waals surface area contributed by atoms with Crippen LogP contribution in [-0.4, -0.2) is 19.8 Å². The van der Waals surface area contributed by atoms with Crippen LogP contribution < -0.4 is 10.1 Å². The lowest BCUT2D eigenvalue weighted by molar-refractivity contribution is -0.189. The minimum Gasteiger partial charge on any atom is -0.496 e. The fourth-order valence-electron chi connectivity index (χ4n) is 2.66. The first-order valence-corrected chi connectivity index (χ1v) is 6.38. The van der Waals surface area contributed by atoms with E-state index in [2.05, 4.69) is 5.32 Å². The average molecular weight is 273 g/mol. The van der Waals surface area contributed by atoms with Crippen molar-refractivity contribution in [3.05, 3.63) is 29.3 Å². The van der Waals surface area contributed by atoms with E-state index >= 15 is 0 Å². The maximum absolute atomic E-state index is 13.1. The summed E-state index contributed by atoms with van der Waals surface area (Å²) in [5.74, 6) is -0.837. The molecule has 0 aliphatic carbocycles. The maximum atomic E-state index is 13.1. The SMILES string of the molecule is COc1ccc(C)cc1C1NCCCC1C(F)(F)F. The number of piperidine rings is 1. The Bertz CT molecular complexity index is 445. The van der Waals surface area contributed by atoms with E-state index in [0.717, 1.165) is 5.56 Å². The van der Waals surface area contributed by atoms with Gasteiger partial charge in [0.05, 0.1) is 13.0 Å². The Hall–Kier alpha value is -1.23. The van der Waals surface area contributed by atoms with Gasteiger partial charge in [0.1, 0.15) is 5.75 Å². The Morgan fingerprint density at radius 1 is 1.32 bits per heavy atom. The van der Waals surface area contributed by atoms with E-state index in [9.17, 15) is 13.2 Å². The van der Waals surface area contributed by atoms with Crippen LogP contribution in [0.5, 0.6) is 5.75 Å². The van der Waals surface area contributed by atoms with Gasteiger partial charge in [0, 0.05) is 11.6 Å². The van der Waals surface area contributed by atoms with Crippen molar-refractivity contribution in [2.75, 3.05) is 13.7 Å². The number of aryl methyl sites for hydroxylation is 1. The lowest BCUT2D eigenvalue weighted by Gasteiger charge is -2.35. The van der Waals surface area contributed by atoms with E-state index in [4.69, 9.17) is 4.74 Å². The van der Waals surface area contributed by atoms with Gasteiger partial charge in [-0.25, -0.2) is 0 Å². The zero-order valence-corrected chi connectivity index (χ0v) is 11.1. The molecule has 0 amide bonds. The summed E-state index contributed by atoms with van der Waals surface area (Å²) < 4.78 is 44.6. The molecule has 1 aliphatic rings. The van der Waals surface area contributed by atoms with Gasteiger partial charge in [-0.05, 0) is 32.4 Å². The molecule has 0 aromatic heterocycles. The van der Waals surface area contributed by atoms with E-state index in [0.29, 0.717) is 24.3 Å². The van der Waals surface area contributed by atoms with E-state index in [1.807, 2.05) is 13.0 Å². The molecule has 1 aromatic carbocycles. The molecule has 19 heavy (non-hydrogen) atoms. The van der Waals surface area contributed by atoms with Crippen molar-refractivity contribution in [2.24, 2.45) is 5.92 Å². The van der Waals surface area contributed by atoms with Crippen molar-refractivity contribution in [1.82, 2.24) is 5.32 Å². The normalized spacial score (nSPS) is 24.3. The van der Waals surface area contributed by atoms with Crippen LogP contribution >= 0.6 is 0 Å². The smallest absolute Gasteiger partial charge is 0.393 e.